The van der Waals surface area contributed by atoms with E-state index in [0.717, 1.165) is 16.0 Å². The molecule has 0 saturated carbocycles. The number of nitrogens with zero attached hydrogens (tertiary/aromatic N) is 1. The normalized spacial score (nSPS) is 12.4. The van der Waals surface area contributed by atoms with Gasteiger partial charge in [-0.25, -0.2) is 4.98 Å². The van der Waals surface area contributed by atoms with Crippen molar-refractivity contribution in [2.24, 2.45) is 0 Å². The summed E-state index contributed by atoms with van der Waals surface area (Å²) in [6.07, 6.45) is 0. The Kier molecular flexibility index (Phi) is 4.26. The van der Waals surface area contributed by atoms with E-state index in [1.807, 2.05) is 48.7 Å². The van der Waals surface area contributed by atoms with Gasteiger partial charge in [-0.05, 0) is 30.5 Å². The average molecular weight is 318 g/mol. The maximum atomic E-state index is 12.1. The Hall–Kier alpha value is -1.79. The number of amides is 1. The third kappa shape index (κ3) is 3.46. The molecule has 0 bridgehead atoms. The van der Waals surface area contributed by atoms with E-state index in [1.54, 1.807) is 11.3 Å². The summed E-state index contributed by atoms with van der Waals surface area (Å²) in [7, 11) is 0. The Morgan fingerprint density at radius 2 is 2.24 bits per heavy atom. The maximum Gasteiger partial charge on any atom is 0.257 e. The minimum atomic E-state index is -0.252. The summed E-state index contributed by atoms with van der Waals surface area (Å²) in [4.78, 5) is 17.6. The SMILES string of the molecule is CC(Sc1nc2ccccc2o1)C(=O)NCc1cccs1. The molecule has 0 spiro atoms. The van der Waals surface area contributed by atoms with Gasteiger partial charge in [0.25, 0.3) is 5.22 Å². The first-order chi connectivity index (χ1) is 10.2. The molecule has 1 N–H and O–H groups in total. The second kappa shape index (κ2) is 6.32. The van der Waals surface area contributed by atoms with Gasteiger partial charge in [0.1, 0.15) is 5.52 Å². The van der Waals surface area contributed by atoms with Crippen LogP contribution < -0.4 is 5.32 Å². The van der Waals surface area contributed by atoms with E-state index in [-0.39, 0.29) is 11.2 Å². The zero-order chi connectivity index (χ0) is 14.7. The number of aromatic nitrogens is 1. The van der Waals surface area contributed by atoms with Crippen molar-refractivity contribution < 1.29 is 9.21 Å². The molecule has 21 heavy (non-hydrogen) atoms. The molecule has 1 atom stereocenters. The van der Waals surface area contributed by atoms with Gasteiger partial charge >= 0.3 is 0 Å². The summed E-state index contributed by atoms with van der Waals surface area (Å²) in [6, 6.07) is 11.6. The molecule has 0 saturated heterocycles. The van der Waals surface area contributed by atoms with Crippen LogP contribution in [0.25, 0.3) is 11.1 Å². The molecular formula is C15H14N2O2S2. The smallest absolute Gasteiger partial charge is 0.257 e. The molecule has 0 radical (unpaired) electrons. The van der Waals surface area contributed by atoms with Crippen LogP contribution >= 0.6 is 23.1 Å². The Balaban J connectivity index is 1.59. The summed E-state index contributed by atoms with van der Waals surface area (Å²) in [5.41, 5.74) is 1.55. The number of hydrogen-bond donors (Lipinski definition) is 1. The van der Waals surface area contributed by atoms with Crippen molar-refractivity contribution in [2.45, 2.75) is 23.9 Å². The molecule has 3 aromatic rings. The second-order valence-electron chi connectivity index (χ2n) is 4.50. The highest BCUT2D eigenvalue weighted by atomic mass is 32.2. The van der Waals surface area contributed by atoms with E-state index in [2.05, 4.69) is 10.3 Å². The van der Waals surface area contributed by atoms with Crippen molar-refractivity contribution in [3.05, 3.63) is 46.7 Å². The Morgan fingerprint density at radius 3 is 3.00 bits per heavy atom. The van der Waals surface area contributed by atoms with E-state index in [1.165, 1.54) is 11.8 Å². The molecular weight excluding hydrogens is 304 g/mol. The first-order valence-corrected chi connectivity index (χ1v) is 8.30. The second-order valence-corrected chi connectivity index (χ2v) is 6.83. The minimum absolute atomic E-state index is 0.0179. The molecule has 0 aliphatic carbocycles. The molecule has 1 aromatic carbocycles. The topological polar surface area (TPSA) is 55.1 Å². The molecule has 2 aromatic heterocycles. The predicted molar refractivity (Wildman–Crippen MR) is 85.5 cm³/mol. The number of benzene rings is 1. The summed E-state index contributed by atoms with van der Waals surface area (Å²) < 4.78 is 5.61. The fraction of sp³-hybridized carbons (Fsp3) is 0.200. The van der Waals surface area contributed by atoms with Crippen molar-refractivity contribution in [1.29, 1.82) is 0 Å². The monoisotopic (exact) mass is 318 g/mol. The van der Waals surface area contributed by atoms with E-state index in [4.69, 9.17) is 4.42 Å². The number of hydrogen-bond acceptors (Lipinski definition) is 5. The number of carbonyl (C=O) groups excluding carboxylic acids is 1. The average Bonchev–Trinajstić information content (AvgIpc) is 3.13. The van der Waals surface area contributed by atoms with Gasteiger partial charge in [0.2, 0.25) is 5.91 Å². The summed E-state index contributed by atoms with van der Waals surface area (Å²) in [6.45, 7) is 2.41. The van der Waals surface area contributed by atoms with Crippen molar-refractivity contribution >= 4 is 40.1 Å². The zero-order valence-corrected chi connectivity index (χ0v) is 13.0. The van der Waals surface area contributed by atoms with Crippen molar-refractivity contribution in [2.75, 3.05) is 0 Å². The molecule has 1 unspecified atom stereocenters. The molecule has 4 nitrogen and oxygen atoms in total. The van der Waals surface area contributed by atoms with Gasteiger partial charge in [-0.1, -0.05) is 30.0 Å². The number of nitrogens with one attached hydrogen (secondary N) is 1. The lowest BCUT2D eigenvalue weighted by atomic mass is 10.3. The van der Waals surface area contributed by atoms with Gasteiger partial charge in [0, 0.05) is 4.88 Å². The van der Waals surface area contributed by atoms with Crippen molar-refractivity contribution in [3.63, 3.8) is 0 Å². The lowest BCUT2D eigenvalue weighted by molar-refractivity contribution is -0.120. The number of thiophene rings is 1. The summed E-state index contributed by atoms with van der Waals surface area (Å²) >= 11 is 2.96. The number of rotatable bonds is 5. The molecule has 6 heteroatoms. The highest BCUT2D eigenvalue weighted by Crippen LogP contribution is 2.26. The van der Waals surface area contributed by atoms with Crippen LogP contribution in [0.5, 0.6) is 0 Å². The van der Waals surface area contributed by atoms with Gasteiger partial charge in [-0.2, -0.15) is 0 Å². The van der Waals surface area contributed by atoms with Crippen molar-refractivity contribution in [3.8, 4) is 0 Å². The van der Waals surface area contributed by atoms with Gasteiger partial charge < -0.3 is 9.73 Å². The van der Waals surface area contributed by atoms with Crippen LogP contribution in [-0.4, -0.2) is 16.1 Å². The Morgan fingerprint density at radius 1 is 1.38 bits per heavy atom. The van der Waals surface area contributed by atoms with Crippen LogP contribution in [0.1, 0.15) is 11.8 Å². The van der Waals surface area contributed by atoms with E-state index in [9.17, 15) is 4.79 Å². The quantitative estimate of drug-likeness (QED) is 0.729. The standard InChI is InChI=1S/C15H14N2O2S2/c1-10(14(18)16-9-11-5-4-8-20-11)21-15-17-12-6-2-3-7-13(12)19-15/h2-8,10H,9H2,1H3,(H,16,18). The first kappa shape index (κ1) is 14.2. The third-order valence-electron chi connectivity index (χ3n) is 2.94. The van der Waals surface area contributed by atoms with Crippen LogP contribution in [0.3, 0.4) is 0 Å². The maximum absolute atomic E-state index is 12.1. The number of thioether (sulfide) groups is 1. The lowest BCUT2D eigenvalue weighted by Crippen LogP contribution is -2.30. The Bertz CT molecular complexity index is 704. The van der Waals surface area contributed by atoms with Gasteiger partial charge in [0.15, 0.2) is 5.58 Å². The van der Waals surface area contributed by atoms with Crippen LogP contribution in [0.4, 0.5) is 0 Å². The minimum Gasteiger partial charge on any atom is -0.431 e. The fourth-order valence-electron chi connectivity index (χ4n) is 1.84. The van der Waals surface area contributed by atoms with E-state index < -0.39 is 0 Å². The van der Waals surface area contributed by atoms with Crippen LogP contribution in [0.2, 0.25) is 0 Å². The number of para-hydroxylation sites is 2. The van der Waals surface area contributed by atoms with E-state index >= 15 is 0 Å². The number of fused-ring (bicyclic) bond motifs is 1. The fourth-order valence-corrected chi connectivity index (χ4v) is 3.26. The molecule has 1 amide bonds. The van der Waals surface area contributed by atoms with Gasteiger partial charge in [-0.3, -0.25) is 4.79 Å². The number of oxazole rings is 1. The molecule has 0 aliphatic heterocycles. The summed E-state index contributed by atoms with van der Waals surface area (Å²) in [5.74, 6) is -0.0179. The van der Waals surface area contributed by atoms with Crippen LogP contribution in [0, 0.1) is 0 Å². The molecule has 3 rings (SSSR count). The van der Waals surface area contributed by atoms with Crippen LogP contribution in [-0.2, 0) is 11.3 Å². The molecule has 2 heterocycles. The summed E-state index contributed by atoms with van der Waals surface area (Å²) in [5, 5.41) is 5.19. The van der Waals surface area contributed by atoms with Gasteiger partial charge in [-0.15, -0.1) is 11.3 Å². The van der Waals surface area contributed by atoms with E-state index in [0.29, 0.717) is 11.8 Å². The largest absolute Gasteiger partial charge is 0.431 e. The predicted octanol–water partition coefficient (Wildman–Crippen LogP) is 3.69. The molecule has 108 valence electrons. The van der Waals surface area contributed by atoms with Gasteiger partial charge in [0.05, 0.1) is 11.8 Å². The lowest BCUT2D eigenvalue weighted by Gasteiger charge is -2.08. The molecule has 0 aliphatic rings. The van der Waals surface area contributed by atoms with Crippen molar-refractivity contribution in [1.82, 2.24) is 10.3 Å². The molecule has 0 fully saturated rings. The van der Waals surface area contributed by atoms with Crippen LogP contribution in [0.15, 0.2) is 51.4 Å². The third-order valence-corrected chi connectivity index (χ3v) is 4.76. The highest BCUT2D eigenvalue weighted by molar-refractivity contribution is 8.00. The zero-order valence-electron chi connectivity index (χ0n) is 11.4. The first-order valence-electron chi connectivity index (χ1n) is 6.55. The highest BCUT2D eigenvalue weighted by Gasteiger charge is 2.17. The Labute approximate surface area is 130 Å². The number of carbonyl (C=O) groups is 1.